The summed E-state index contributed by atoms with van der Waals surface area (Å²) >= 11 is 0. The molecule has 0 aromatic carbocycles. The third kappa shape index (κ3) is 3.28. The summed E-state index contributed by atoms with van der Waals surface area (Å²) in [4.78, 5) is 27.4. The van der Waals surface area contributed by atoms with Crippen molar-refractivity contribution < 1.29 is 9.90 Å². The van der Waals surface area contributed by atoms with E-state index in [1.54, 1.807) is 25.4 Å². The molecule has 6 nitrogen and oxygen atoms in total. The molecule has 110 valence electrons. The number of carboxylic acid groups (broad SMARTS) is 1. The summed E-state index contributed by atoms with van der Waals surface area (Å²) in [5, 5.41) is 12.2. The lowest BCUT2D eigenvalue weighted by Crippen LogP contribution is -2.29. The predicted octanol–water partition coefficient (Wildman–Crippen LogP) is 1.67. The number of nitrogens with zero attached hydrogens (tertiary/aromatic N) is 2. The van der Waals surface area contributed by atoms with Gasteiger partial charge < -0.3 is 15.0 Å². The molecule has 0 saturated carbocycles. The van der Waals surface area contributed by atoms with Gasteiger partial charge >= 0.3 is 5.97 Å². The molecule has 0 bridgehead atoms. The van der Waals surface area contributed by atoms with Crippen molar-refractivity contribution in [2.24, 2.45) is 0 Å². The van der Waals surface area contributed by atoms with Crippen molar-refractivity contribution in [2.45, 2.75) is 20.4 Å². The lowest BCUT2D eigenvalue weighted by atomic mass is 10.1. The van der Waals surface area contributed by atoms with Crippen LogP contribution in [0.15, 0.2) is 35.4 Å². The number of hydrogen-bond donors (Lipinski definition) is 2. The quantitative estimate of drug-likeness (QED) is 0.874. The number of anilines is 1. The van der Waals surface area contributed by atoms with Crippen LogP contribution < -0.4 is 10.9 Å². The van der Waals surface area contributed by atoms with Crippen LogP contribution in [0.5, 0.6) is 0 Å². The minimum atomic E-state index is -1.19. The van der Waals surface area contributed by atoms with Gasteiger partial charge in [0.1, 0.15) is 11.4 Å². The number of carboxylic acids is 1. The summed E-state index contributed by atoms with van der Waals surface area (Å²) < 4.78 is 1.39. The fraction of sp³-hybridized carbons (Fsp3) is 0.267. The Morgan fingerprint density at radius 2 is 2.10 bits per heavy atom. The lowest BCUT2D eigenvalue weighted by molar-refractivity contribution is 0.0693. The van der Waals surface area contributed by atoms with E-state index in [0.717, 1.165) is 11.4 Å². The Labute approximate surface area is 122 Å². The average Bonchev–Trinajstić information content (AvgIpc) is 2.43. The van der Waals surface area contributed by atoms with Crippen LogP contribution in [0.1, 0.15) is 21.5 Å². The van der Waals surface area contributed by atoms with E-state index in [-0.39, 0.29) is 5.56 Å². The zero-order chi connectivity index (χ0) is 15.4. The van der Waals surface area contributed by atoms with Crippen LogP contribution in [0.3, 0.4) is 0 Å². The van der Waals surface area contributed by atoms with Crippen LogP contribution in [0.2, 0.25) is 0 Å². The number of rotatable bonds is 5. The topological polar surface area (TPSA) is 84.2 Å². The van der Waals surface area contributed by atoms with Crippen LogP contribution in [-0.4, -0.2) is 27.2 Å². The van der Waals surface area contributed by atoms with E-state index in [4.69, 9.17) is 5.11 Å². The largest absolute Gasteiger partial charge is 0.477 e. The molecule has 2 N–H and O–H groups in total. The summed E-state index contributed by atoms with van der Waals surface area (Å²) in [5.41, 5.74) is 0.825. The van der Waals surface area contributed by atoms with Crippen molar-refractivity contribution in [1.82, 2.24) is 9.55 Å². The minimum Gasteiger partial charge on any atom is -0.477 e. The SMILES string of the molecule is Cc1cccnc1NCCn1ccc(C)c(C(=O)O)c1=O. The summed E-state index contributed by atoms with van der Waals surface area (Å²) in [5.74, 6) is -0.434. The molecule has 2 aromatic rings. The van der Waals surface area contributed by atoms with Gasteiger partial charge in [0.25, 0.3) is 5.56 Å². The molecule has 0 atom stereocenters. The third-order valence-electron chi connectivity index (χ3n) is 3.24. The van der Waals surface area contributed by atoms with E-state index >= 15 is 0 Å². The Balaban J connectivity index is 2.11. The Morgan fingerprint density at radius 1 is 1.33 bits per heavy atom. The molecule has 0 aliphatic rings. The molecule has 0 unspecified atom stereocenters. The van der Waals surface area contributed by atoms with Gasteiger partial charge in [-0.1, -0.05) is 6.07 Å². The molecular weight excluding hydrogens is 270 g/mol. The van der Waals surface area contributed by atoms with Crippen molar-refractivity contribution in [1.29, 1.82) is 0 Å². The summed E-state index contributed by atoms with van der Waals surface area (Å²) in [6, 6.07) is 5.43. The average molecular weight is 287 g/mol. The smallest absolute Gasteiger partial charge is 0.341 e. The molecule has 21 heavy (non-hydrogen) atoms. The Morgan fingerprint density at radius 3 is 2.76 bits per heavy atom. The second kappa shape index (κ2) is 6.21. The minimum absolute atomic E-state index is 0.175. The van der Waals surface area contributed by atoms with Gasteiger partial charge in [0.15, 0.2) is 0 Å². The number of aromatic carboxylic acids is 1. The first-order chi connectivity index (χ1) is 10.0. The molecule has 2 heterocycles. The van der Waals surface area contributed by atoms with Gasteiger partial charge in [-0.15, -0.1) is 0 Å². The van der Waals surface area contributed by atoms with Crippen LogP contribution in [0, 0.1) is 13.8 Å². The van der Waals surface area contributed by atoms with Gasteiger partial charge in [-0.2, -0.15) is 0 Å². The highest BCUT2D eigenvalue weighted by Gasteiger charge is 2.14. The van der Waals surface area contributed by atoms with Crippen molar-refractivity contribution in [3.05, 3.63) is 57.6 Å². The zero-order valence-corrected chi connectivity index (χ0v) is 12.0. The Bertz CT molecular complexity index is 722. The molecule has 0 saturated heterocycles. The number of aromatic nitrogens is 2. The standard InChI is InChI=1S/C15H17N3O3/c1-10-5-8-18(14(19)12(10)15(20)21)9-7-17-13-11(2)4-3-6-16-13/h3-6,8H,7,9H2,1-2H3,(H,16,17)(H,20,21). The van der Waals surface area contributed by atoms with E-state index in [2.05, 4.69) is 10.3 Å². The van der Waals surface area contributed by atoms with Gasteiger partial charge in [0.2, 0.25) is 0 Å². The molecule has 0 fully saturated rings. The molecule has 0 amide bonds. The molecular formula is C15H17N3O3. The fourth-order valence-electron chi connectivity index (χ4n) is 2.07. The van der Waals surface area contributed by atoms with E-state index in [1.807, 2.05) is 19.1 Å². The van der Waals surface area contributed by atoms with Crippen molar-refractivity contribution >= 4 is 11.8 Å². The van der Waals surface area contributed by atoms with Crippen molar-refractivity contribution in [3.8, 4) is 0 Å². The van der Waals surface area contributed by atoms with Gasteiger partial charge in [-0.05, 0) is 37.1 Å². The van der Waals surface area contributed by atoms with Gasteiger partial charge in [-0.3, -0.25) is 4.79 Å². The molecule has 6 heteroatoms. The van der Waals surface area contributed by atoms with Gasteiger partial charge in [0.05, 0.1) is 0 Å². The fourth-order valence-corrected chi connectivity index (χ4v) is 2.07. The van der Waals surface area contributed by atoms with Crippen molar-refractivity contribution in [3.63, 3.8) is 0 Å². The second-order valence-electron chi connectivity index (χ2n) is 4.77. The zero-order valence-electron chi connectivity index (χ0n) is 12.0. The molecule has 0 aliphatic heterocycles. The molecule has 0 spiro atoms. The van der Waals surface area contributed by atoms with Crippen LogP contribution in [0.4, 0.5) is 5.82 Å². The maximum atomic E-state index is 12.1. The van der Waals surface area contributed by atoms with Gasteiger partial charge in [0, 0.05) is 25.5 Å². The maximum Gasteiger partial charge on any atom is 0.341 e. The first-order valence-electron chi connectivity index (χ1n) is 6.59. The summed E-state index contributed by atoms with van der Waals surface area (Å²) in [6.07, 6.45) is 3.30. The van der Waals surface area contributed by atoms with Crippen LogP contribution in [-0.2, 0) is 6.54 Å². The number of pyridine rings is 2. The highest BCUT2D eigenvalue weighted by Crippen LogP contribution is 2.08. The third-order valence-corrected chi connectivity index (χ3v) is 3.24. The maximum absolute atomic E-state index is 12.1. The van der Waals surface area contributed by atoms with E-state index in [9.17, 15) is 9.59 Å². The first-order valence-corrected chi connectivity index (χ1v) is 6.59. The number of nitrogens with one attached hydrogen (secondary N) is 1. The van der Waals surface area contributed by atoms with Gasteiger partial charge in [-0.25, -0.2) is 9.78 Å². The van der Waals surface area contributed by atoms with E-state index < -0.39 is 11.5 Å². The normalized spacial score (nSPS) is 10.4. The first kappa shape index (κ1) is 14.8. The summed E-state index contributed by atoms with van der Waals surface area (Å²) in [7, 11) is 0. The molecule has 0 aliphatic carbocycles. The Hall–Kier alpha value is -2.63. The molecule has 2 aromatic heterocycles. The van der Waals surface area contributed by atoms with E-state index in [1.165, 1.54) is 4.57 Å². The number of hydrogen-bond acceptors (Lipinski definition) is 4. The van der Waals surface area contributed by atoms with Crippen LogP contribution >= 0.6 is 0 Å². The lowest BCUT2D eigenvalue weighted by Gasteiger charge is -2.11. The van der Waals surface area contributed by atoms with Crippen LogP contribution in [0.25, 0.3) is 0 Å². The Kier molecular flexibility index (Phi) is 4.37. The molecule has 0 radical (unpaired) electrons. The number of aryl methyl sites for hydroxylation is 2. The second-order valence-corrected chi connectivity index (χ2v) is 4.77. The summed E-state index contributed by atoms with van der Waals surface area (Å²) in [6.45, 7) is 4.41. The highest BCUT2D eigenvalue weighted by atomic mass is 16.4. The highest BCUT2D eigenvalue weighted by molar-refractivity contribution is 5.88. The molecule has 2 rings (SSSR count). The van der Waals surface area contributed by atoms with E-state index in [0.29, 0.717) is 18.7 Å². The van der Waals surface area contributed by atoms with Crippen molar-refractivity contribution in [2.75, 3.05) is 11.9 Å². The predicted molar refractivity (Wildman–Crippen MR) is 79.9 cm³/mol. The number of carbonyl (C=O) groups is 1. The monoisotopic (exact) mass is 287 g/mol.